The average molecular weight is 570 g/mol. The summed E-state index contributed by atoms with van der Waals surface area (Å²) in [5, 5.41) is 6.95. The van der Waals surface area contributed by atoms with E-state index in [1.807, 2.05) is 78.3 Å². The lowest BCUT2D eigenvalue weighted by molar-refractivity contribution is 0.415. The quantitative estimate of drug-likeness (QED) is 0.195. The summed E-state index contributed by atoms with van der Waals surface area (Å²) < 4.78 is 36.2. The van der Waals surface area contributed by atoms with E-state index in [0.29, 0.717) is 35.6 Å². The van der Waals surface area contributed by atoms with Gasteiger partial charge in [-0.3, -0.25) is 4.40 Å². The molecule has 0 amide bonds. The molecular formula is C30H27N5O3S2. The maximum Gasteiger partial charge on any atom is 0.241 e. The second-order valence-electron chi connectivity index (χ2n) is 9.18. The highest BCUT2D eigenvalue weighted by Gasteiger charge is 2.18. The zero-order chi connectivity index (χ0) is 27.5. The molecule has 0 unspecified atom stereocenters. The van der Waals surface area contributed by atoms with E-state index in [1.165, 1.54) is 0 Å². The van der Waals surface area contributed by atoms with Gasteiger partial charge in [-0.2, -0.15) is 0 Å². The number of anilines is 1. The molecule has 10 heteroatoms. The molecule has 3 heterocycles. The molecule has 0 spiro atoms. The smallest absolute Gasteiger partial charge is 0.241 e. The average Bonchev–Trinajstić information content (AvgIpc) is 3.59. The molecule has 202 valence electrons. The molecule has 0 fully saturated rings. The van der Waals surface area contributed by atoms with E-state index < -0.39 is 10.0 Å². The number of imidazole rings is 1. The Hall–Kier alpha value is -4.25. The summed E-state index contributed by atoms with van der Waals surface area (Å²) in [6.45, 7) is 0.855. The van der Waals surface area contributed by atoms with Crippen molar-refractivity contribution in [1.29, 1.82) is 0 Å². The first-order valence-electron chi connectivity index (χ1n) is 12.8. The summed E-state index contributed by atoms with van der Waals surface area (Å²) in [5.74, 6) is 1.48. The van der Waals surface area contributed by atoms with Crippen LogP contribution < -0.4 is 14.8 Å². The van der Waals surface area contributed by atoms with Crippen molar-refractivity contribution in [3.05, 3.63) is 96.6 Å². The van der Waals surface area contributed by atoms with E-state index in [2.05, 4.69) is 19.4 Å². The number of methoxy groups -OCH3 is 1. The van der Waals surface area contributed by atoms with E-state index in [9.17, 15) is 8.42 Å². The number of rotatable bonds is 10. The van der Waals surface area contributed by atoms with Gasteiger partial charge < -0.3 is 10.1 Å². The summed E-state index contributed by atoms with van der Waals surface area (Å²) in [7, 11) is -1.98. The molecule has 0 bridgehead atoms. The van der Waals surface area contributed by atoms with E-state index in [-0.39, 0.29) is 0 Å². The van der Waals surface area contributed by atoms with Crippen LogP contribution in [0.1, 0.15) is 6.42 Å². The van der Waals surface area contributed by atoms with Crippen LogP contribution in [0.5, 0.6) is 5.75 Å². The molecule has 3 aromatic heterocycles. The molecule has 6 rings (SSSR count). The zero-order valence-electron chi connectivity index (χ0n) is 21.7. The highest BCUT2D eigenvalue weighted by atomic mass is 32.2. The molecule has 0 aliphatic carbocycles. The topological polar surface area (TPSA) is 97.6 Å². The number of thiazole rings is 1. The van der Waals surface area contributed by atoms with Gasteiger partial charge in [0.1, 0.15) is 11.6 Å². The molecule has 0 radical (unpaired) electrons. The van der Waals surface area contributed by atoms with Crippen molar-refractivity contribution in [2.24, 2.45) is 0 Å². The standard InChI is InChI=1S/C30H27N5O3S2/c1-38-24-10-4-9-22(19-24)28-29(35-17-18-39-30(35)34-28)23-13-16-32-27(20-23)31-14-6-15-33-40(36,37)26-12-5-8-21-7-2-3-11-25(21)26/h2-5,7-13,16-20,33H,6,14-15H2,1H3,(H,31,32). The monoisotopic (exact) mass is 569 g/mol. The van der Waals surface area contributed by atoms with Crippen LogP contribution in [0.3, 0.4) is 0 Å². The molecule has 2 N–H and O–H groups in total. The normalized spacial score (nSPS) is 11.7. The fraction of sp³-hybridized carbons (Fsp3) is 0.133. The Bertz CT molecular complexity index is 1910. The number of pyridine rings is 1. The van der Waals surface area contributed by atoms with Crippen LogP contribution >= 0.6 is 11.3 Å². The summed E-state index contributed by atoms with van der Waals surface area (Å²) in [4.78, 5) is 10.6. The van der Waals surface area contributed by atoms with Crippen LogP contribution in [0, 0.1) is 0 Å². The molecule has 8 nitrogen and oxygen atoms in total. The maximum absolute atomic E-state index is 13.0. The Balaban J connectivity index is 1.15. The van der Waals surface area contributed by atoms with Crippen LogP contribution in [0.15, 0.2) is 102 Å². The fourth-order valence-electron chi connectivity index (χ4n) is 4.73. The second-order valence-corrected chi connectivity index (χ2v) is 11.8. The number of nitrogens with one attached hydrogen (secondary N) is 2. The molecule has 0 saturated heterocycles. The summed E-state index contributed by atoms with van der Waals surface area (Å²) >= 11 is 1.58. The first-order chi connectivity index (χ1) is 19.5. The molecule has 0 atom stereocenters. The van der Waals surface area contributed by atoms with Crippen LogP contribution in [0.25, 0.3) is 38.2 Å². The van der Waals surface area contributed by atoms with Crippen molar-refractivity contribution >= 4 is 42.9 Å². The Labute approximate surface area is 236 Å². The number of sulfonamides is 1. The Morgan fingerprint density at radius 1 is 0.950 bits per heavy atom. The van der Waals surface area contributed by atoms with Gasteiger partial charge in [-0.1, -0.05) is 48.5 Å². The van der Waals surface area contributed by atoms with Gasteiger partial charge in [0.25, 0.3) is 0 Å². The summed E-state index contributed by atoms with van der Waals surface area (Å²) in [5.41, 5.74) is 3.77. The van der Waals surface area contributed by atoms with Crippen molar-refractivity contribution in [3.8, 4) is 28.3 Å². The van der Waals surface area contributed by atoms with Crippen LogP contribution in [0.4, 0.5) is 5.82 Å². The molecule has 0 aliphatic heterocycles. The Morgan fingerprint density at radius 3 is 2.70 bits per heavy atom. The minimum absolute atomic E-state index is 0.292. The minimum Gasteiger partial charge on any atom is -0.497 e. The van der Waals surface area contributed by atoms with Crippen LogP contribution in [0.2, 0.25) is 0 Å². The second kappa shape index (κ2) is 11.1. The van der Waals surface area contributed by atoms with Crippen molar-refractivity contribution in [2.75, 3.05) is 25.5 Å². The number of hydrogen-bond acceptors (Lipinski definition) is 7. The van der Waals surface area contributed by atoms with Crippen molar-refractivity contribution < 1.29 is 13.2 Å². The van der Waals surface area contributed by atoms with Crippen molar-refractivity contribution in [2.45, 2.75) is 11.3 Å². The number of fused-ring (bicyclic) bond motifs is 2. The van der Waals surface area contributed by atoms with E-state index in [4.69, 9.17) is 9.72 Å². The molecule has 0 saturated carbocycles. The van der Waals surface area contributed by atoms with Gasteiger partial charge in [0, 0.05) is 47.4 Å². The number of hydrogen-bond donors (Lipinski definition) is 2. The third-order valence-electron chi connectivity index (χ3n) is 6.63. The Kier molecular flexibility index (Phi) is 7.21. The largest absolute Gasteiger partial charge is 0.497 e. The lowest BCUT2D eigenvalue weighted by Crippen LogP contribution is -2.26. The van der Waals surface area contributed by atoms with Gasteiger partial charge in [0.2, 0.25) is 10.0 Å². The predicted octanol–water partition coefficient (Wildman–Crippen LogP) is 6.07. The maximum atomic E-state index is 13.0. The van der Waals surface area contributed by atoms with Gasteiger partial charge in [0.15, 0.2) is 4.96 Å². The number of benzene rings is 3. The van der Waals surface area contributed by atoms with Gasteiger partial charge in [-0.15, -0.1) is 11.3 Å². The van der Waals surface area contributed by atoms with Crippen LogP contribution in [-0.2, 0) is 10.0 Å². The molecular weight excluding hydrogens is 542 g/mol. The van der Waals surface area contributed by atoms with Gasteiger partial charge >= 0.3 is 0 Å². The SMILES string of the molecule is COc1cccc(-c2nc3sccn3c2-c2ccnc(NCCCNS(=O)(=O)c3cccc4ccccc34)c2)c1. The number of aromatic nitrogens is 3. The van der Waals surface area contributed by atoms with Gasteiger partial charge in [0.05, 0.1) is 23.4 Å². The molecule has 3 aromatic carbocycles. The van der Waals surface area contributed by atoms with E-state index in [1.54, 1.807) is 36.8 Å². The highest BCUT2D eigenvalue weighted by Crippen LogP contribution is 2.36. The molecule has 40 heavy (non-hydrogen) atoms. The Morgan fingerprint density at radius 2 is 1.80 bits per heavy atom. The molecule has 0 aliphatic rings. The van der Waals surface area contributed by atoms with Crippen molar-refractivity contribution in [3.63, 3.8) is 0 Å². The van der Waals surface area contributed by atoms with Crippen LogP contribution in [-0.4, -0.2) is 43.0 Å². The molecule has 6 aromatic rings. The van der Waals surface area contributed by atoms with Gasteiger partial charge in [-0.05, 0) is 42.1 Å². The third-order valence-corrected chi connectivity index (χ3v) is 8.91. The van der Waals surface area contributed by atoms with Crippen molar-refractivity contribution in [1.82, 2.24) is 19.1 Å². The number of ether oxygens (including phenoxy) is 1. The summed E-state index contributed by atoms with van der Waals surface area (Å²) in [6, 6.07) is 24.6. The number of nitrogens with zero attached hydrogens (tertiary/aromatic N) is 3. The first-order valence-corrected chi connectivity index (χ1v) is 15.2. The first kappa shape index (κ1) is 26.0. The van der Waals surface area contributed by atoms with E-state index in [0.717, 1.165) is 38.6 Å². The third kappa shape index (κ3) is 5.16. The summed E-state index contributed by atoms with van der Waals surface area (Å²) in [6.07, 6.45) is 4.37. The highest BCUT2D eigenvalue weighted by molar-refractivity contribution is 7.89. The van der Waals surface area contributed by atoms with E-state index >= 15 is 0 Å². The fourth-order valence-corrected chi connectivity index (χ4v) is 6.74. The van der Waals surface area contributed by atoms with Gasteiger partial charge in [-0.25, -0.2) is 23.1 Å². The lowest BCUT2D eigenvalue weighted by atomic mass is 10.1. The zero-order valence-corrected chi connectivity index (χ0v) is 23.4. The predicted molar refractivity (Wildman–Crippen MR) is 161 cm³/mol. The minimum atomic E-state index is -3.63. The lowest BCUT2D eigenvalue weighted by Gasteiger charge is -2.11.